The van der Waals surface area contributed by atoms with Crippen LogP contribution in [0.15, 0.2) is 52.6 Å². The molecule has 0 amide bonds. The van der Waals surface area contributed by atoms with Crippen molar-refractivity contribution in [3.63, 3.8) is 0 Å². The van der Waals surface area contributed by atoms with Gasteiger partial charge in [-0.1, -0.05) is 36.4 Å². The Morgan fingerprint density at radius 3 is 2.65 bits per heavy atom. The van der Waals surface area contributed by atoms with E-state index in [9.17, 15) is 4.79 Å². The van der Waals surface area contributed by atoms with Gasteiger partial charge in [0.05, 0.1) is 18.5 Å². The van der Waals surface area contributed by atoms with Gasteiger partial charge in [-0.05, 0) is 18.4 Å². The Labute approximate surface area is 159 Å². The summed E-state index contributed by atoms with van der Waals surface area (Å²) < 4.78 is 6.97. The quantitative estimate of drug-likeness (QED) is 0.498. The maximum atomic E-state index is 13.4. The summed E-state index contributed by atoms with van der Waals surface area (Å²) in [5, 5.41) is 2.75. The average Bonchev–Trinajstić information content (AvgIpc) is 3.28. The summed E-state index contributed by atoms with van der Waals surface area (Å²) in [4.78, 5) is 21.3. The van der Waals surface area contributed by atoms with Crippen LogP contribution in [0.25, 0.3) is 32.0 Å². The highest BCUT2D eigenvalue weighted by Crippen LogP contribution is 2.38. The molecule has 0 saturated heterocycles. The number of rotatable bonds is 5. The third kappa shape index (κ3) is 2.90. The van der Waals surface area contributed by atoms with Gasteiger partial charge in [-0.15, -0.1) is 22.7 Å². The Morgan fingerprint density at radius 1 is 1.15 bits per heavy atom. The van der Waals surface area contributed by atoms with Crippen LogP contribution in [0.2, 0.25) is 0 Å². The van der Waals surface area contributed by atoms with Gasteiger partial charge in [-0.25, -0.2) is 4.98 Å². The third-order valence-electron chi connectivity index (χ3n) is 4.31. The smallest absolute Gasteiger partial charge is 0.263 e. The monoisotopic (exact) mass is 382 g/mol. The van der Waals surface area contributed by atoms with Crippen molar-refractivity contribution in [1.29, 1.82) is 0 Å². The van der Waals surface area contributed by atoms with Crippen LogP contribution in [-0.2, 0) is 11.3 Å². The molecule has 0 aliphatic heterocycles. The molecular formula is C20H18N2O2S2. The normalized spacial score (nSPS) is 11.3. The number of nitrogens with zero attached hydrogens (tertiary/aromatic N) is 2. The molecule has 3 aromatic heterocycles. The second-order valence-corrected chi connectivity index (χ2v) is 8.09. The van der Waals surface area contributed by atoms with Crippen LogP contribution >= 0.6 is 22.7 Å². The van der Waals surface area contributed by atoms with Crippen LogP contribution in [0.5, 0.6) is 0 Å². The summed E-state index contributed by atoms with van der Waals surface area (Å²) >= 11 is 3.23. The van der Waals surface area contributed by atoms with Gasteiger partial charge in [0, 0.05) is 28.0 Å². The number of hydrogen-bond acceptors (Lipinski definition) is 5. The molecule has 0 unspecified atom stereocenters. The summed E-state index contributed by atoms with van der Waals surface area (Å²) in [5.41, 5.74) is 1.95. The molecule has 1 aromatic carbocycles. The van der Waals surface area contributed by atoms with Crippen LogP contribution in [0.3, 0.4) is 0 Å². The minimum absolute atomic E-state index is 0.00125. The molecule has 26 heavy (non-hydrogen) atoms. The second-order valence-electron chi connectivity index (χ2n) is 5.94. The fourth-order valence-electron chi connectivity index (χ4n) is 3.11. The third-order valence-corrected chi connectivity index (χ3v) is 6.19. The fourth-order valence-corrected chi connectivity index (χ4v) is 5.04. The first-order chi connectivity index (χ1) is 12.7. The van der Waals surface area contributed by atoms with E-state index in [-0.39, 0.29) is 5.56 Å². The number of thiophene rings is 2. The second kappa shape index (κ2) is 7.15. The Bertz CT molecular complexity index is 1100. The lowest BCUT2D eigenvalue weighted by Crippen LogP contribution is -2.25. The Hall–Kier alpha value is -2.28. The molecule has 0 fully saturated rings. The maximum absolute atomic E-state index is 13.4. The van der Waals surface area contributed by atoms with Crippen LogP contribution in [-0.4, -0.2) is 23.3 Å². The van der Waals surface area contributed by atoms with Crippen molar-refractivity contribution in [3.8, 4) is 21.8 Å². The van der Waals surface area contributed by atoms with Gasteiger partial charge in [0.25, 0.3) is 5.56 Å². The zero-order valence-corrected chi connectivity index (χ0v) is 16.2. The highest BCUT2D eigenvalue weighted by Gasteiger charge is 2.20. The summed E-state index contributed by atoms with van der Waals surface area (Å²) in [5.74, 6) is 0.694. The van der Waals surface area contributed by atoms with Crippen LogP contribution in [0, 0.1) is 6.92 Å². The molecule has 0 saturated carbocycles. The number of benzene rings is 1. The highest BCUT2D eigenvalue weighted by atomic mass is 32.1. The predicted octanol–water partition coefficient (Wildman–Crippen LogP) is 4.81. The van der Waals surface area contributed by atoms with Crippen molar-refractivity contribution in [2.75, 3.05) is 13.7 Å². The van der Waals surface area contributed by atoms with E-state index in [1.54, 1.807) is 34.4 Å². The molecule has 0 atom stereocenters. The fraction of sp³-hybridized carbons (Fsp3) is 0.200. The summed E-state index contributed by atoms with van der Waals surface area (Å²) in [6, 6.07) is 13.9. The molecule has 4 aromatic rings. The standard InChI is InChI=1S/C20H18N2O2S2/c1-13-16(15-9-6-12-25-15)17-19(26-13)21-18(14-7-4-3-5-8-14)22(20(17)23)10-11-24-2/h3-9,12H,10-11H2,1-2H3. The zero-order valence-electron chi connectivity index (χ0n) is 14.6. The molecule has 3 heterocycles. The van der Waals surface area contributed by atoms with Crippen molar-refractivity contribution < 1.29 is 4.74 Å². The van der Waals surface area contributed by atoms with Crippen molar-refractivity contribution in [2.24, 2.45) is 0 Å². The number of aromatic nitrogens is 2. The highest BCUT2D eigenvalue weighted by molar-refractivity contribution is 7.20. The van der Waals surface area contributed by atoms with E-state index in [0.29, 0.717) is 24.4 Å². The van der Waals surface area contributed by atoms with Gasteiger partial charge in [-0.3, -0.25) is 9.36 Å². The summed E-state index contributed by atoms with van der Waals surface area (Å²) in [7, 11) is 1.64. The first-order valence-corrected chi connectivity index (χ1v) is 10.0. The lowest BCUT2D eigenvalue weighted by Gasteiger charge is -2.12. The molecule has 0 radical (unpaired) electrons. The predicted molar refractivity (Wildman–Crippen MR) is 109 cm³/mol. The molecule has 132 valence electrons. The van der Waals surface area contributed by atoms with Gasteiger partial charge < -0.3 is 4.74 Å². The van der Waals surface area contributed by atoms with Crippen molar-refractivity contribution in [2.45, 2.75) is 13.5 Å². The minimum Gasteiger partial charge on any atom is -0.383 e. The molecule has 0 N–H and O–H groups in total. The molecule has 6 heteroatoms. The first kappa shape index (κ1) is 17.1. The van der Waals surface area contributed by atoms with Gasteiger partial charge in [0.1, 0.15) is 10.7 Å². The van der Waals surface area contributed by atoms with Gasteiger partial charge in [-0.2, -0.15) is 0 Å². The van der Waals surface area contributed by atoms with Crippen LogP contribution < -0.4 is 5.56 Å². The molecule has 0 aliphatic carbocycles. The number of aryl methyl sites for hydroxylation is 1. The minimum atomic E-state index is -0.00125. The van der Waals surface area contributed by atoms with Gasteiger partial charge >= 0.3 is 0 Å². The molecule has 0 bridgehead atoms. The lowest BCUT2D eigenvalue weighted by molar-refractivity contribution is 0.186. The summed E-state index contributed by atoms with van der Waals surface area (Å²) in [6.07, 6.45) is 0. The number of methoxy groups -OCH3 is 1. The maximum Gasteiger partial charge on any atom is 0.263 e. The zero-order chi connectivity index (χ0) is 18.1. The molecular weight excluding hydrogens is 364 g/mol. The van der Waals surface area contributed by atoms with Crippen LogP contribution in [0.4, 0.5) is 0 Å². The lowest BCUT2D eigenvalue weighted by atomic mass is 10.1. The van der Waals surface area contributed by atoms with Gasteiger partial charge in [0.2, 0.25) is 0 Å². The Morgan fingerprint density at radius 2 is 1.96 bits per heavy atom. The molecule has 4 nitrogen and oxygen atoms in total. The van der Waals surface area contributed by atoms with Crippen LogP contribution in [0.1, 0.15) is 4.88 Å². The van der Waals surface area contributed by atoms with E-state index in [0.717, 1.165) is 25.7 Å². The van der Waals surface area contributed by atoms with Crippen molar-refractivity contribution in [1.82, 2.24) is 9.55 Å². The number of ether oxygens (including phenoxy) is 1. The van der Waals surface area contributed by atoms with Gasteiger partial charge in [0.15, 0.2) is 0 Å². The first-order valence-electron chi connectivity index (χ1n) is 8.33. The Balaban J connectivity index is 2.04. The van der Waals surface area contributed by atoms with E-state index in [1.165, 1.54) is 0 Å². The van der Waals surface area contributed by atoms with E-state index in [2.05, 4.69) is 13.0 Å². The molecule has 0 aliphatic rings. The average molecular weight is 383 g/mol. The Kier molecular flexibility index (Phi) is 4.72. The van der Waals surface area contributed by atoms with Crippen molar-refractivity contribution in [3.05, 3.63) is 63.1 Å². The SMILES string of the molecule is COCCn1c(-c2ccccc2)nc2sc(C)c(-c3cccs3)c2c1=O. The number of fused-ring (bicyclic) bond motifs is 1. The van der Waals surface area contributed by atoms with E-state index in [4.69, 9.17) is 9.72 Å². The molecule has 0 spiro atoms. The topological polar surface area (TPSA) is 44.1 Å². The van der Waals surface area contributed by atoms with E-state index >= 15 is 0 Å². The summed E-state index contributed by atoms with van der Waals surface area (Å²) in [6.45, 7) is 2.99. The largest absolute Gasteiger partial charge is 0.383 e. The van der Waals surface area contributed by atoms with E-state index < -0.39 is 0 Å². The van der Waals surface area contributed by atoms with E-state index in [1.807, 2.05) is 41.8 Å². The number of hydrogen-bond donors (Lipinski definition) is 0. The van der Waals surface area contributed by atoms with Crippen molar-refractivity contribution >= 4 is 32.9 Å². The molecule has 4 rings (SSSR count).